The number of nitrogens with zero attached hydrogens (tertiary/aromatic N) is 5. The van der Waals surface area contributed by atoms with Crippen LogP contribution in [0.4, 0.5) is 0 Å². The van der Waals surface area contributed by atoms with Gasteiger partial charge in [0.05, 0.1) is 38.7 Å². The van der Waals surface area contributed by atoms with Crippen LogP contribution in [-0.2, 0) is 0 Å². The van der Waals surface area contributed by atoms with Gasteiger partial charge in [0, 0.05) is 121 Å². The Kier molecular flexibility index (Phi) is 14.8. The van der Waals surface area contributed by atoms with E-state index < -0.39 is 0 Å². The molecule has 26 rings (SSSR count). The third kappa shape index (κ3) is 10.5. The minimum absolute atomic E-state index is 0.588. The minimum atomic E-state index is 0.588. The smallest absolute Gasteiger partial charge is 0.231 e. The zero-order valence-electron chi connectivity index (χ0n) is 61.2. The number of halogens is 1. The summed E-state index contributed by atoms with van der Waals surface area (Å²) in [7, 11) is 0. The SMILES string of the molecule is Brc1ccc(-c2nc(-c3ccccc3)c3c(n2)oc2ccccc23)cc1.c1ccc(-c2nc(-c3ccc(-n4c5cc6ccc7sc8c9ccccc9ccc8c7c6cc5c5ccc6ccccc6c54)cc3)nc3oc4ccccc4c23)cc1.c1ccc2c(c1)ccc1c3cc4c(ccc5sc6c7ccccc7ccc6c54)cc3[nH]c21. The zero-order valence-corrected chi connectivity index (χ0v) is 64.5. The van der Waals surface area contributed by atoms with Crippen molar-refractivity contribution in [1.82, 2.24) is 29.5 Å². The molecule has 0 radical (unpaired) electrons. The molecular formula is C104H59BrN6O2S2. The molecule has 0 amide bonds. The van der Waals surface area contributed by atoms with Gasteiger partial charge >= 0.3 is 0 Å². The van der Waals surface area contributed by atoms with Crippen LogP contribution in [0.15, 0.2) is 365 Å². The second kappa shape index (κ2) is 25.9. The Morgan fingerprint density at radius 2 is 0.713 bits per heavy atom. The summed E-state index contributed by atoms with van der Waals surface area (Å²) < 4.78 is 21.3. The molecule has 26 aromatic rings. The van der Waals surface area contributed by atoms with E-state index >= 15 is 0 Å². The number of benzene rings is 18. The number of furan rings is 2. The predicted molar refractivity (Wildman–Crippen MR) is 489 cm³/mol. The van der Waals surface area contributed by atoms with Gasteiger partial charge < -0.3 is 18.4 Å². The van der Waals surface area contributed by atoms with Crippen molar-refractivity contribution in [1.29, 1.82) is 0 Å². The fourth-order valence-corrected chi connectivity index (χ4v) is 20.6. The Morgan fingerprint density at radius 1 is 0.287 bits per heavy atom. The summed E-state index contributed by atoms with van der Waals surface area (Å²) >= 11 is 7.28. The Balaban J connectivity index is 0.000000110. The van der Waals surface area contributed by atoms with E-state index in [0.29, 0.717) is 23.1 Å². The number of aromatic nitrogens is 6. The molecular weight excluding hydrogens is 1510 g/mol. The Labute approximate surface area is 671 Å². The molecule has 0 spiro atoms. The van der Waals surface area contributed by atoms with E-state index in [1.807, 2.05) is 120 Å². The summed E-state index contributed by atoms with van der Waals surface area (Å²) in [6, 6.07) is 125. The molecule has 1 N–H and O–H groups in total. The normalized spacial score (nSPS) is 12.0. The van der Waals surface area contributed by atoms with Gasteiger partial charge in [0.25, 0.3) is 0 Å². The van der Waals surface area contributed by atoms with Crippen molar-refractivity contribution in [2.45, 2.75) is 0 Å². The minimum Gasteiger partial charge on any atom is -0.438 e. The molecule has 0 aliphatic carbocycles. The van der Waals surface area contributed by atoms with Crippen LogP contribution < -0.4 is 0 Å². The summed E-state index contributed by atoms with van der Waals surface area (Å²) in [5, 5.41) is 29.8. The summed E-state index contributed by atoms with van der Waals surface area (Å²) in [4.78, 5) is 23.6. The Hall–Kier alpha value is -14.2. The monoisotopic (exact) mass is 1570 g/mol. The Bertz CT molecular complexity index is 8550. The van der Waals surface area contributed by atoms with Gasteiger partial charge in [0.1, 0.15) is 11.2 Å². The van der Waals surface area contributed by atoms with Crippen molar-refractivity contribution < 1.29 is 8.83 Å². The lowest BCUT2D eigenvalue weighted by atomic mass is 9.99. The number of rotatable bonds is 5. The van der Waals surface area contributed by atoms with Crippen molar-refractivity contribution in [2.24, 2.45) is 0 Å². The van der Waals surface area contributed by atoms with Gasteiger partial charge in [-0.3, -0.25) is 0 Å². The van der Waals surface area contributed by atoms with Gasteiger partial charge in [-0.05, 0) is 139 Å². The first-order valence-electron chi connectivity index (χ1n) is 38.5. The standard InChI is InChI=1S/C52H29N3OS.C30H17NS.C22H13BrN2O/c1-2-12-32(13-3-1)48-47-39-16-8-9-17-44(39)56-52(47)54-51(53-48)33-18-23-35(24-19-33)55-43-28-34-22-27-45-46(40-26-21-31-11-5-7-15-37(31)50(40)57-45)41(34)29-42(43)38-25-20-30-10-4-6-14-36(30)49(38)55;1-3-7-20-17(5-1)9-12-22-25-16-24-19(15-26(25)31-29(20)22)11-14-27-28(24)23-13-10-18-6-2-4-8-21(18)30(23)32-27;23-16-12-10-15(11-13-16)21-24-20(14-6-2-1-3-7-14)19-17-8-4-5-9-18(17)26-22(19)25-21/h1-29H;1-16,31H;1-13H. The second-order valence-corrected chi connectivity index (χ2v) is 32.6. The van der Waals surface area contributed by atoms with Gasteiger partial charge in [-0.1, -0.05) is 283 Å². The van der Waals surface area contributed by atoms with E-state index in [4.69, 9.17) is 28.8 Å². The van der Waals surface area contributed by atoms with Crippen LogP contribution >= 0.6 is 38.6 Å². The maximum atomic E-state index is 6.34. The third-order valence-corrected chi connectivity index (χ3v) is 26.1. The molecule has 0 saturated carbocycles. The van der Waals surface area contributed by atoms with Crippen LogP contribution in [0.3, 0.4) is 0 Å². The molecule has 0 saturated heterocycles. The van der Waals surface area contributed by atoms with Crippen molar-refractivity contribution >= 4 is 231 Å². The van der Waals surface area contributed by atoms with Gasteiger partial charge in [-0.15, -0.1) is 22.7 Å². The average Bonchev–Trinajstić information content (AvgIpc) is 1.52. The summed E-state index contributed by atoms with van der Waals surface area (Å²) in [5.41, 5.74) is 14.4. The van der Waals surface area contributed by atoms with Crippen molar-refractivity contribution in [2.75, 3.05) is 0 Å². The molecule has 0 aliphatic rings. The van der Waals surface area contributed by atoms with Crippen LogP contribution in [0.25, 0.3) is 244 Å². The molecule has 0 fully saturated rings. The molecule has 18 aromatic carbocycles. The predicted octanol–water partition coefficient (Wildman–Crippen LogP) is 30.3. The van der Waals surface area contributed by atoms with Crippen molar-refractivity contribution in [3.05, 3.63) is 356 Å². The van der Waals surface area contributed by atoms with E-state index in [0.717, 1.165) is 76.5 Å². The summed E-state index contributed by atoms with van der Waals surface area (Å²) in [6.07, 6.45) is 0. The van der Waals surface area contributed by atoms with E-state index in [1.165, 1.54) is 149 Å². The number of hydrogen-bond donors (Lipinski definition) is 1. The molecule has 115 heavy (non-hydrogen) atoms. The molecule has 8 nitrogen and oxygen atoms in total. The number of aromatic amines is 1. The van der Waals surface area contributed by atoms with Gasteiger partial charge in [-0.2, -0.15) is 9.97 Å². The molecule has 0 unspecified atom stereocenters. The van der Waals surface area contributed by atoms with Gasteiger partial charge in [0.2, 0.25) is 11.4 Å². The highest BCUT2D eigenvalue weighted by molar-refractivity contribution is 9.10. The molecule has 8 aromatic heterocycles. The lowest BCUT2D eigenvalue weighted by Crippen LogP contribution is -1.96. The lowest BCUT2D eigenvalue weighted by Gasteiger charge is -2.12. The molecule has 11 heteroatoms. The number of para-hydroxylation sites is 2. The first kappa shape index (κ1) is 65.5. The maximum Gasteiger partial charge on any atom is 0.231 e. The van der Waals surface area contributed by atoms with E-state index in [1.54, 1.807) is 0 Å². The molecule has 8 heterocycles. The highest BCUT2D eigenvalue weighted by atomic mass is 79.9. The summed E-state index contributed by atoms with van der Waals surface area (Å²) in [5.74, 6) is 1.29. The number of nitrogens with one attached hydrogen (secondary N) is 1. The average molecular weight is 1570 g/mol. The van der Waals surface area contributed by atoms with E-state index in [9.17, 15) is 0 Å². The fraction of sp³-hybridized carbons (Fsp3) is 0. The van der Waals surface area contributed by atoms with Crippen LogP contribution in [0, 0.1) is 0 Å². The number of thiophene rings is 2. The maximum absolute atomic E-state index is 6.34. The Morgan fingerprint density at radius 3 is 1.26 bits per heavy atom. The fourth-order valence-electron chi connectivity index (χ4n) is 17.8. The molecule has 0 atom stereocenters. The quantitative estimate of drug-likeness (QED) is 0.184. The second-order valence-electron chi connectivity index (χ2n) is 29.6. The lowest BCUT2D eigenvalue weighted by molar-refractivity contribution is 0.653. The van der Waals surface area contributed by atoms with Crippen LogP contribution in [-0.4, -0.2) is 29.5 Å². The number of fused-ring (bicyclic) bond motifs is 30. The highest BCUT2D eigenvalue weighted by Crippen LogP contribution is 2.48. The first-order valence-corrected chi connectivity index (χ1v) is 40.9. The third-order valence-electron chi connectivity index (χ3n) is 23.1. The highest BCUT2D eigenvalue weighted by Gasteiger charge is 2.24. The topological polar surface area (TPSA) is 98.6 Å². The van der Waals surface area contributed by atoms with Crippen molar-refractivity contribution in [3.8, 4) is 51.0 Å². The van der Waals surface area contributed by atoms with Crippen LogP contribution in [0.5, 0.6) is 0 Å². The van der Waals surface area contributed by atoms with Gasteiger partial charge in [-0.25, -0.2) is 9.97 Å². The largest absolute Gasteiger partial charge is 0.438 e. The van der Waals surface area contributed by atoms with Crippen LogP contribution in [0.2, 0.25) is 0 Å². The molecule has 0 aliphatic heterocycles. The van der Waals surface area contributed by atoms with E-state index in [-0.39, 0.29) is 0 Å². The van der Waals surface area contributed by atoms with Crippen molar-refractivity contribution in [3.63, 3.8) is 0 Å². The first-order chi connectivity index (χ1) is 56.9. The molecule has 0 bridgehead atoms. The molecule has 536 valence electrons. The van der Waals surface area contributed by atoms with Crippen LogP contribution in [0.1, 0.15) is 0 Å². The van der Waals surface area contributed by atoms with Gasteiger partial charge in [0.15, 0.2) is 11.6 Å². The zero-order chi connectivity index (χ0) is 75.5. The number of hydrogen-bond acceptors (Lipinski definition) is 8. The summed E-state index contributed by atoms with van der Waals surface area (Å²) in [6.45, 7) is 0. The number of H-pyrrole nitrogens is 1. The van der Waals surface area contributed by atoms with E-state index in [2.05, 4.69) is 280 Å².